The van der Waals surface area contributed by atoms with Gasteiger partial charge in [0.1, 0.15) is 0 Å². The Morgan fingerprint density at radius 2 is 0.645 bits per heavy atom. The van der Waals surface area contributed by atoms with E-state index in [1.54, 1.807) is 34.8 Å². The minimum Gasteiger partial charge on any atom is -0.326 e. The number of hydrogen-bond acceptors (Lipinski definition) is 0. The molecule has 0 aromatic carbocycles. The van der Waals surface area contributed by atoms with E-state index in [1.165, 1.54) is 23.7 Å². The maximum atomic E-state index is 2.76. The summed E-state index contributed by atoms with van der Waals surface area (Å²) in [7, 11) is -3.23. The second-order valence-electron chi connectivity index (χ2n) is 11.2. The largest absolute Gasteiger partial charge is 4.00 e. The topological polar surface area (TPSA) is 0 Å². The Kier molecular flexibility index (Phi) is 10.5. The molecule has 2 unspecified atom stereocenters. The summed E-state index contributed by atoms with van der Waals surface area (Å²) in [6.45, 7) is 33.7. The average Bonchev–Trinajstić information content (AvgIpc) is 2.94. The zero-order valence-corrected chi connectivity index (χ0v) is 26.4. The molecule has 2 aliphatic rings. The Morgan fingerprint density at radius 3 is 0.839 bits per heavy atom. The van der Waals surface area contributed by atoms with Crippen molar-refractivity contribution in [1.29, 1.82) is 0 Å². The van der Waals surface area contributed by atoms with Gasteiger partial charge in [0.25, 0.3) is 0 Å². The molecule has 0 spiro atoms. The molecule has 2 saturated carbocycles. The van der Waals surface area contributed by atoms with Gasteiger partial charge in [0.2, 0.25) is 0 Å². The van der Waals surface area contributed by atoms with Crippen LogP contribution < -0.4 is 0 Å². The van der Waals surface area contributed by atoms with Crippen LogP contribution in [-0.2, 0) is 21.7 Å². The molecular formula is C28H46Si2Ti+2. The normalized spacial score (nSPS) is 26.1. The summed E-state index contributed by atoms with van der Waals surface area (Å²) in [5.74, 6) is 13.4. The van der Waals surface area contributed by atoms with Gasteiger partial charge in [0.05, 0.1) is 0 Å². The first-order valence-electron chi connectivity index (χ1n) is 11.7. The Balaban J connectivity index is 0.00000480. The SMILES string of the molecule is C[C]1[C](C)[C](C)[C]([Si](C)(C)[CH-]C(C)C(C)[CH-][Si](C)(C)[C]2[C](C)[C](C)[C](C)[C]2C)[C]1C.[Ti+4]. The van der Waals surface area contributed by atoms with Crippen molar-refractivity contribution in [2.24, 2.45) is 11.8 Å². The molecule has 2 rings (SSSR count). The Morgan fingerprint density at radius 1 is 0.452 bits per heavy atom. The molecule has 0 bridgehead atoms. The molecule has 3 heteroatoms. The third-order valence-corrected chi connectivity index (χ3v) is 15.1. The first kappa shape index (κ1) is 30.2. The quantitative estimate of drug-likeness (QED) is 0.251. The molecule has 0 aromatic heterocycles. The minimum absolute atomic E-state index is 0. The van der Waals surface area contributed by atoms with E-state index < -0.39 is 16.1 Å². The summed E-state index contributed by atoms with van der Waals surface area (Å²) >= 11 is 0. The second-order valence-corrected chi connectivity index (χ2v) is 19.8. The monoisotopic (exact) mass is 486 g/mol. The van der Waals surface area contributed by atoms with E-state index >= 15 is 0 Å². The van der Waals surface area contributed by atoms with Gasteiger partial charge in [-0.15, -0.1) is 0 Å². The van der Waals surface area contributed by atoms with Crippen molar-refractivity contribution in [2.75, 3.05) is 0 Å². The molecule has 0 N–H and O–H groups in total. The predicted molar refractivity (Wildman–Crippen MR) is 140 cm³/mol. The maximum absolute atomic E-state index is 2.76. The van der Waals surface area contributed by atoms with E-state index in [4.69, 9.17) is 0 Å². The van der Waals surface area contributed by atoms with Crippen molar-refractivity contribution in [2.45, 2.75) is 95.4 Å². The standard InChI is InChI=1S/C28H46Si2.Ti/c1-17(15-29(11,12)27-23(7)19(3)20(4)24(27)8)18(2)16-30(13,14)28-25(9)21(5)22(6)26(28)10;/h15-18H,1-14H3;/q-2;+4. The molecule has 10 radical (unpaired) electrons. The van der Waals surface area contributed by atoms with Gasteiger partial charge in [-0.1, -0.05) is 112 Å². The fraction of sp³-hybridized carbons (Fsp3) is 0.571. The molecule has 2 fully saturated rings. The summed E-state index contributed by atoms with van der Waals surface area (Å²) in [6.07, 6.45) is 0. The third-order valence-electron chi connectivity index (χ3n) is 8.35. The third kappa shape index (κ3) is 5.87. The summed E-state index contributed by atoms with van der Waals surface area (Å²) in [4.78, 5) is 0. The maximum Gasteiger partial charge on any atom is 4.00 e. The van der Waals surface area contributed by atoms with Crippen LogP contribution in [-0.4, -0.2) is 16.1 Å². The van der Waals surface area contributed by atoms with Crippen LogP contribution in [0.15, 0.2) is 0 Å². The molecule has 0 saturated heterocycles. The van der Waals surface area contributed by atoms with Gasteiger partial charge in [-0.2, -0.15) is 11.8 Å². The van der Waals surface area contributed by atoms with Crippen molar-refractivity contribution in [3.8, 4) is 0 Å². The van der Waals surface area contributed by atoms with Crippen molar-refractivity contribution in [3.05, 3.63) is 70.5 Å². The van der Waals surface area contributed by atoms with Crippen LogP contribution in [0.2, 0.25) is 26.2 Å². The van der Waals surface area contributed by atoms with E-state index in [9.17, 15) is 0 Å². The molecule has 0 heterocycles. The first-order chi connectivity index (χ1) is 13.5. The molecule has 0 aliphatic heterocycles. The predicted octanol–water partition coefficient (Wildman–Crippen LogP) is 8.17. The fourth-order valence-electron chi connectivity index (χ4n) is 6.16. The molecular weight excluding hydrogens is 440 g/mol. The van der Waals surface area contributed by atoms with Crippen molar-refractivity contribution in [3.63, 3.8) is 0 Å². The zero-order chi connectivity index (χ0) is 23.3. The van der Waals surface area contributed by atoms with Crippen molar-refractivity contribution in [1.82, 2.24) is 0 Å². The molecule has 0 aromatic rings. The summed E-state index contributed by atoms with van der Waals surface area (Å²) in [5, 5.41) is 0. The number of hydrogen-bond donors (Lipinski definition) is 0. The molecule has 0 amide bonds. The van der Waals surface area contributed by atoms with E-state index in [0.717, 1.165) is 0 Å². The van der Waals surface area contributed by atoms with Gasteiger partial charge < -0.3 is 12.1 Å². The Bertz CT molecular complexity index is 495. The van der Waals surface area contributed by atoms with Crippen LogP contribution in [0.4, 0.5) is 0 Å². The first-order valence-corrected chi connectivity index (χ1v) is 17.9. The van der Waals surface area contributed by atoms with Crippen LogP contribution in [0.1, 0.15) is 69.2 Å². The minimum atomic E-state index is -1.62. The van der Waals surface area contributed by atoms with Gasteiger partial charge >= 0.3 is 21.7 Å². The van der Waals surface area contributed by atoms with Crippen LogP contribution in [0.5, 0.6) is 0 Å². The van der Waals surface area contributed by atoms with E-state index in [1.807, 2.05) is 0 Å². The Labute approximate surface area is 214 Å². The molecule has 0 nitrogen and oxygen atoms in total. The van der Waals surface area contributed by atoms with Gasteiger partial charge in [-0.3, -0.25) is 0 Å². The van der Waals surface area contributed by atoms with Crippen LogP contribution >= 0.6 is 0 Å². The molecule has 2 aliphatic carbocycles. The van der Waals surface area contributed by atoms with Crippen molar-refractivity contribution < 1.29 is 21.7 Å². The zero-order valence-electron chi connectivity index (χ0n) is 22.8. The van der Waals surface area contributed by atoms with Crippen molar-refractivity contribution >= 4 is 16.1 Å². The average molecular weight is 487 g/mol. The summed E-state index contributed by atoms with van der Waals surface area (Å²) < 4.78 is 0. The van der Waals surface area contributed by atoms with E-state index in [-0.39, 0.29) is 21.7 Å². The summed E-state index contributed by atoms with van der Waals surface area (Å²) in [5.41, 5.74) is 3.36. The van der Waals surface area contributed by atoms with Crippen LogP contribution in [0.3, 0.4) is 0 Å². The van der Waals surface area contributed by atoms with Crippen LogP contribution in [0.25, 0.3) is 0 Å². The van der Waals surface area contributed by atoms with E-state index in [2.05, 4.69) is 108 Å². The van der Waals surface area contributed by atoms with Gasteiger partial charge in [-0.05, 0) is 58.4 Å². The van der Waals surface area contributed by atoms with Gasteiger partial charge in [0.15, 0.2) is 0 Å². The molecule has 31 heavy (non-hydrogen) atoms. The fourth-order valence-corrected chi connectivity index (χ4v) is 14.3. The second kappa shape index (κ2) is 10.8. The molecule has 168 valence electrons. The van der Waals surface area contributed by atoms with Gasteiger partial charge in [0, 0.05) is 0 Å². The van der Waals surface area contributed by atoms with E-state index in [0.29, 0.717) is 11.8 Å². The summed E-state index contributed by atoms with van der Waals surface area (Å²) in [6, 6.07) is 5.52. The van der Waals surface area contributed by atoms with Crippen LogP contribution in [0, 0.1) is 82.3 Å². The number of rotatable bonds is 7. The van der Waals surface area contributed by atoms with Gasteiger partial charge in [-0.25, -0.2) is 0 Å². The Hall–Kier alpha value is 1.15. The molecule has 2 atom stereocenters. The smallest absolute Gasteiger partial charge is 0.326 e.